The fourth-order valence-electron chi connectivity index (χ4n) is 18.3. The lowest BCUT2D eigenvalue weighted by atomic mass is 9.68. The Morgan fingerprint density at radius 2 is 0.463 bits per heavy atom. The van der Waals surface area contributed by atoms with E-state index < -0.39 is 0 Å². The maximum absolute atomic E-state index is 2.55. The summed E-state index contributed by atoms with van der Waals surface area (Å²) in [7, 11) is 0. The number of hydrogen-bond acceptors (Lipinski definition) is 0. The number of hydrogen-bond donors (Lipinski definition) is 0. The van der Waals surface area contributed by atoms with E-state index in [4.69, 9.17) is 0 Å². The molecule has 0 aliphatic heterocycles. The van der Waals surface area contributed by atoms with Crippen molar-refractivity contribution in [1.29, 1.82) is 0 Å². The SMILES string of the molecule is CCCC/C=C/C1CCC(C2CCC(C)CC2)CC1.CCCC/C=C/C1CCC(C2CCC(CC)CC2)CC1.CCCC/C=C/C1CCC(C2CCC(CCC)CC2)CC1.CCCC/C=C/C1CCC(C2CCC(CCCC)CC2)CC1. The van der Waals surface area contributed by atoms with Crippen molar-refractivity contribution in [3.8, 4) is 0 Å². The van der Waals surface area contributed by atoms with Crippen LogP contribution in [0.5, 0.6) is 0 Å². The highest BCUT2D eigenvalue weighted by molar-refractivity contribution is 4.96. The highest BCUT2D eigenvalue weighted by atomic mass is 14.4. The molecule has 0 radical (unpaired) electrons. The van der Waals surface area contributed by atoms with Crippen molar-refractivity contribution in [1.82, 2.24) is 0 Å². The van der Waals surface area contributed by atoms with Gasteiger partial charge in [-0.2, -0.15) is 0 Å². The first-order valence-electron chi connectivity index (χ1n) is 38.9. The Bertz CT molecular complexity index is 1540. The largest absolute Gasteiger partial charge is 0.0883 e. The molecule has 8 aliphatic rings. The topological polar surface area (TPSA) is 0 Å². The lowest BCUT2D eigenvalue weighted by molar-refractivity contribution is 0.151. The molecule has 0 unspecified atom stereocenters. The van der Waals surface area contributed by atoms with Crippen LogP contribution in [0, 0.1) is 94.7 Å². The molecular formula is C82H148. The molecule has 0 bridgehead atoms. The van der Waals surface area contributed by atoms with Crippen LogP contribution in [0.15, 0.2) is 48.6 Å². The van der Waals surface area contributed by atoms with Crippen LogP contribution >= 0.6 is 0 Å². The van der Waals surface area contributed by atoms with Gasteiger partial charge in [-0.05, 0) is 274 Å². The van der Waals surface area contributed by atoms with Gasteiger partial charge in [-0.3, -0.25) is 0 Å². The van der Waals surface area contributed by atoms with Crippen LogP contribution < -0.4 is 0 Å². The summed E-state index contributed by atoms with van der Waals surface area (Å²) in [4.78, 5) is 0. The van der Waals surface area contributed by atoms with Crippen molar-refractivity contribution in [2.75, 3.05) is 0 Å². The van der Waals surface area contributed by atoms with Gasteiger partial charge in [0.15, 0.2) is 0 Å². The van der Waals surface area contributed by atoms with Gasteiger partial charge in [-0.25, -0.2) is 0 Å². The van der Waals surface area contributed by atoms with Gasteiger partial charge in [-0.1, -0.05) is 245 Å². The van der Waals surface area contributed by atoms with Crippen molar-refractivity contribution in [3.05, 3.63) is 48.6 Å². The van der Waals surface area contributed by atoms with Gasteiger partial charge in [0.2, 0.25) is 0 Å². The minimum absolute atomic E-state index is 0.911. The average Bonchev–Trinajstić information content (AvgIpc) is 3.63. The van der Waals surface area contributed by atoms with Crippen molar-refractivity contribution >= 4 is 0 Å². The first-order valence-corrected chi connectivity index (χ1v) is 38.9. The average molecular weight is 1130 g/mol. The minimum Gasteiger partial charge on any atom is -0.0883 e. The molecule has 8 saturated carbocycles. The predicted molar refractivity (Wildman–Crippen MR) is 369 cm³/mol. The zero-order chi connectivity index (χ0) is 58.2. The smallest absolute Gasteiger partial charge is 0.0233 e. The highest BCUT2D eigenvalue weighted by Crippen LogP contribution is 2.46. The summed E-state index contributed by atoms with van der Waals surface area (Å²) in [5, 5.41) is 0. The fraction of sp³-hybridized carbons (Fsp3) is 0.902. The first-order chi connectivity index (χ1) is 40.3. The van der Waals surface area contributed by atoms with Gasteiger partial charge >= 0.3 is 0 Å². The normalized spacial score (nSPS) is 34.9. The zero-order valence-corrected chi connectivity index (χ0v) is 57.2. The zero-order valence-electron chi connectivity index (χ0n) is 57.2. The third kappa shape index (κ3) is 29.3. The van der Waals surface area contributed by atoms with Crippen molar-refractivity contribution < 1.29 is 0 Å². The van der Waals surface area contributed by atoms with Gasteiger partial charge in [-0.15, -0.1) is 0 Å². The van der Waals surface area contributed by atoms with E-state index in [0.29, 0.717) is 0 Å². The van der Waals surface area contributed by atoms with Crippen LogP contribution in [0.2, 0.25) is 0 Å². The molecule has 0 spiro atoms. The van der Waals surface area contributed by atoms with Crippen molar-refractivity contribution in [2.24, 2.45) is 94.7 Å². The maximum Gasteiger partial charge on any atom is -0.0233 e. The molecule has 0 heterocycles. The molecule has 8 aliphatic carbocycles. The van der Waals surface area contributed by atoms with Crippen LogP contribution in [0.3, 0.4) is 0 Å². The van der Waals surface area contributed by atoms with Crippen molar-refractivity contribution in [3.63, 3.8) is 0 Å². The number of unbranched alkanes of at least 4 members (excludes halogenated alkanes) is 9. The summed E-state index contributed by atoms with van der Waals surface area (Å²) in [5.74, 6) is 16.5. The molecule has 0 heteroatoms. The Morgan fingerprint density at radius 3 is 0.707 bits per heavy atom. The summed E-state index contributed by atoms with van der Waals surface area (Å²) in [6.45, 7) is 18.6. The Kier molecular flexibility index (Phi) is 39.6. The third-order valence-corrected chi connectivity index (χ3v) is 24.4. The monoisotopic (exact) mass is 1130 g/mol. The summed E-state index contributed by atoms with van der Waals surface area (Å²) in [5.41, 5.74) is 0. The molecule has 0 saturated heterocycles. The van der Waals surface area contributed by atoms with E-state index in [-0.39, 0.29) is 0 Å². The van der Waals surface area contributed by atoms with E-state index in [9.17, 15) is 0 Å². The van der Waals surface area contributed by atoms with Gasteiger partial charge in [0.1, 0.15) is 0 Å². The van der Waals surface area contributed by atoms with Crippen molar-refractivity contribution in [2.45, 2.75) is 376 Å². The molecule has 8 fully saturated rings. The highest BCUT2D eigenvalue weighted by Gasteiger charge is 2.34. The van der Waals surface area contributed by atoms with E-state index in [0.717, 1.165) is 94.7 Å². The van der Waals surface area contributed by atoms with Gasteiger partial charge in [0, 0.05) is 0 Å². The van der Waals surface area contributed by atoms with Gasteiger partial charge < -0.3 is 0 Å². The van der Waals surface area contributed by atoms with Crippen LogP contribution in [-0.2, 0) is 0 Å². The Morgan fingerprint density at radius 1 is 0.232 bits per heavy atom. The lowest BCUT2D eigenvalue weighted by Gasteiger charge is -2.37. The van der Waals surface area contributed by atoms with Crippen LogP contribution in [0.1, 0.15) is 376 Å². The first kappa shape index (κ1) is 71.7. The lowest BCUT2D eigenvalue weighted by Crippen LogP contribution is -2.25. The molecule has 0 nitrogen and oxygen atoms in total. The third-order valence-electron chi connectivity index (χ3n) is 24.4. The van der Waals surface area contributed by atoms with Gasteiger partial charge in [0.25, 0.3) is 0 Å². The summed E-state index contributed by atoms with van der Waals surface area (Å²) in [6.07, 6.45) is 93.2. The molecule has 0 atom stereocenters. The van der Waals surface area contributed by atoms with Crippen LogP contribution in [0.4, 0.5) is 0 Å². The number of allylic oxidation sites excluding steroid dienone is 8. The van der Waals surface area contributed by atoms with Crippen LogP contribution in [-0.4, -0.2) is 0 Å². The van der Waals surface area contributed by atoms with Gasteiger partial charge in [0.05, 0.1) is 0 Å². The fourth-order valence-corrected chi connectivity index (χ4v) is 18.3. The predicted octanol–water partition coefficient (Wildman–Crippen LogP) is 27.8. The molecule has 82 heavy (non-hydrogen) atoms. The molecule has 0 aromatic rings. The molecule has 476 valence electrons. The molecular weight excluding hydrogens is 985 g/mol. The van der Waals surface area contributed by atoms with Crippen LogP contribution in [0.25, 0.3) is 0 Å². The second kappa shape index (κ2) is 45.3. The standard InChI is InChI=1S/C22H40.C21H38.C20H36.C19H34/c1-3-5-7-8-10-20-13-17-22(18-14-20)21-15-11-19(12-16-21)9-6-4-2;1-3-5-6-7-9-19-12-16-21(17-13-19)20-14-10-18(8-4-2)11-15-20;1-3-5-6-7-8-18-11-15-20(16-12-18)19-13-9-17(4-2)10-14-19;1-3-4-5-6-7-17-10-14-19(15-11-17)18-12-8-16(2)9-13-18/h8,10,19-22H,3-7,9,11-18H2,1-2H3;7,9,18-21H,3-6,8,10-17H2,1-2H3;7-8,17-20H,3-6,9-16H2,1-2H3;6-7,16-19H,3-5,8-15H2,1-2H3/b10-8+;9-7+;8-7+;7-6+. The molecule has 0 amide bonds. The summed E-state index contributed by atoms with van der Waals surface area (Å²) in [6, 6.07) is 0. The maximum atomic E-state index is 2.55. The number of rotatable bonds is 26. The summed E-state index contributed by atoms with van der Waals surface area (Å²) < 4.78 is 0. The molecule has 0 aromatic heterocycles. The van der Waals surface area contributed by atoms with E-state index in [1.165, 1.54) is 270 Å². The van der Waals surface area contributed by atoms with E-state index >= 15 is 0 Å². The molecule has 0 aromatic carbocycles. The minimum atomic E-state index is 0.911. The Labute approximate surface area is 517 Å². The van der Waals surface area contributed by atoms with E-state index in [1.54, 1.807) is 51.4 Å². The van der Waals surface area contributed by atoms with E-state index in [2.05, 4.69) is 104 Å². The molecule has 0 N–H and O–H groups in total. The molecule has 8 rings (SSSR count). The quantitative estimate of drug-likeness (QED) is 0.0598. The second-order valence-electron chi connectivity index (χ2n) is 30.7. The Hall–Kier alpha value is -1.04. The Balaban J connectivity index is 0.000000201. The second-order valence-corrected chi connectivity index (χ2v) is 30.7. The summed E-state index contributed by atoms with van der Waals surface area (Å²) >= 11 is 0. The van der Waals surface area contributed by atoms with E-state index in [1.807, 2.05) is 0 Å².